The van der Waals surface area contributed by atoms with E-state index in [2.05, 4.69) is 5.32 Å². The third kappa shape index (κ3) is 2.45. The van der Waals surface area contributed by atoms with Crippen molar-refractivity contribution in [2.75, 3.05) is 13.2 Å². The van der Waals surface area contributed by atoms with Crippen LogP contribution in [0.5, 0.6) is 0 Å². The number of hydrogen-bond donors (Lipinski definition) is 2. The second-order valence-electron chi connectivity index (χ2n) is 4.77. The number of ether oxygens (including phenoxy) is 1. The molecule has 0 unspecified atom stereocenters. The first-order valence-electron chi connectivity index (χ1n) is 4.99. The maximum absolute atomic E-state index is 11.8. The molecule has 0 saturated carbocycles. The van der Waals surface area contributed by atoms with Crippen molar-refractivity contribution in [1.29, 1.82) is 0 Å². The fourth-order valence-corrected chi connectivity index (χ4v) is 1.56. The molecular weight excluding hydrogens is 182 g/mol. The third-order valence-electron chi connectivity index (χ3n) is 2.30. The molecule has 1 atom stereocenters. The van der Waals surface area contributed by atoms with Crippen LogP contribution in [-0.2, 0) is 9.53 Å². The molecule has 1 rings (SSSR count). The van der Waals surface area contributed by atoms with E-state index in [4.69, 9.17) is 4.74 Å². The van der Waals surface area contributed by atoms with E-state index in [-0.39, 0.29) is 12.6 Å². The maximum atomic E-state index is 11.8. The van der Waals surface area contributed by atoms with Crippen molar-refractivity contribution in [3.05, 3.63) is 0 Å². The molecule has 4 heteroatoms. The molecule has 0 amide bonds. The zero-order valence-corrected chi connectivity index (χ0v) is 9.09. The van der Waals surface area contributed by atoms with Crippen molar-refractivity contribution in [2.24, 2.45) is 0 Å². The van der Waals surface area contributed by atoms with Crippen LogP contribution in [0.25, 0.3) is 0 Å². The van der Waals surface area contributed by atoms with E-state index in [0.717, 1.165) is 13.0 Å². The Balaban J connectivity index is 2.66. The summed E-state index contributed by atoms with van der Waals surface area (Å²) in [4.78, 5) is 11.8. The van der Waals surface area contributed by atoms with Crippen molar-refractivity contribution in [1.82, 2.24) is 5.32 Å². The molecule has 0 spiro atoms. The van der Waals surface area contributed by atoms with Crippen LogP contribution in [0.15, 0.2) is 0 Å². The second-order valence-corrected chi connectivity index (χ2v) is 4.77. The van der Waals surface area contributed by atoms with E-state index in [1.807, 2.05) is 20.8 Å². The van der Waals surface area contributed by atoms with Crippen molar-refractivity contribution in [3.8, 4) is 0 Å². The van der Waals surface area contributed by atoms with Gasteiger partial charge in [0, 0.05) is 0 Å². The lowest BCUT2D eigenvalue weighted by molar-refractivity contribution is -0.164. The number of nitrogens with one attached hydrogen (secondary N) is 1. The predicted octanol–water partition coefficient (Wildman–Crippen LogP) is 0.443. The fourth-order valence-electron chi connectivity index (χ4n) is 1.56. The van der Waals surface area contributed by atoms with Gasteiger partial charge in [0.25, 0.3) is 0 Å². The Kier molecular flexibility index (Phi) is 3.17. The van der Waals surface area contributed by atoms with Crippen molar-refractivity contribution >= 4 is 5.97 Å². The van der Waals surface area contributed by atoms with E-state index in [1.165, 1.54) is 0 Å². The molecule has 0 aromatic heterocycles. The van der Waals surface area contributed by atoms with Gasteiger partial charge in [0.15, 0.2) is 0 Å². The van der Waals surface area contributed by atoms with Crippen molar-refractivity contribution < 1.29 is 14.6 Å². The van der Waals surface area contributed by atoms with Gasteiger partial charge in [-0.25, -0.2) is 4.79 Å². The highest BCUT2D eigenvalue weighted by Crippen LogP contribution is 2.23. The van der Waals surface area contributed by atoms with Crippen LogP contribution in [0, 0.1) is 0 Å². The number of carbonyl (C=O) groups is 1. The second kappa shape index (κ2) is 3.87. The lowest BCUT2D eigenvalue weighted by Gasteiger charge is -2.29. The van der Waals surface area contributed by atoms with Gasteiger partial charge < -0.3 is 9.84 Å². The monoisotopic (exact) mass is 201 g/mol. The quantitative estimate of drug-likeness (QED) is 0.637. The molecular formula is C10H19NO3. The van der Waals surface area contributed by atoms with Gasteiger partial charge in [0.1, 0.15) is 11.1 Å². The highest BCUT2D eigenvalue weighted by atomic mass is 16.6. The molecule has 14 heavy (non-hydrogen) atoms. The summed E-state index contributed by atoms with van der Waals surface area (Å²) < 4.78 is 5.25. The number of aliphatic hydroxyl groups is 1. The number of esters is 1. The Labute approximate surface area is 84.6 Å². The number of carbonyl (C=O) groups excluding carboxylic acids is 1. The van der Waals surface area contributed by atoms with Crippen LogP contribution < -0.4 is 5.32 Å². The molecule has 0 aromatic carbocycles. The molecule has 1 heterocycles. The first-order chi connectivity index (χ1) is 6.40. The SMILES string of the molecule is CC(C)(C)OC(=O)[C@]1(CO)CCCN1. The highest BCUT2D eigenvalue weighted by Gasteiger charge is 2.43. The van der Waals surface area contributed by atoms with Gasteiger partial charge in [-0.05, 0) is 40.2 Å². The van der Waals surface area contributed by atoms with Crippen LogP contribution >= 0.6 is 0 Å². The molecule has 1 saturated heterocycles. The minimum absolute atomic E-state index is 0.193. The van der Waals surface area contributed by atoms with E-state index < -0.39 is 11.1 Å². The molecule has 82 valence electrons. The maximum Gasteiger partial charge on any atom is 0.329 e. The summed E-state index contributed by atoms with van der Waals surface area (Å²) >= 11 is 0. The standard InChI is InChI=1S/C10H19NO3/c1-9(2,3)14-8(13)10(7-12)5-4-6-11-10/h11-12H,4-7H2,1-3H3/t10-/m1/s1. The summed E-state index contributed by atoms with van der Waals surface area (Å²) in [6, 6.07) is 0. The summed E-state index contributed by atoms with van der Waals surface area (Å²) in [6.45, 7) is 6.04. The van der Waals surface area contributed by atoms with Crippen molar-refractivity contribution in [3.63, 3.8) is 0 Å². The molecule has 0 radical (unpaired) electrons. The lowest BCUT2D eigenvalue weighted by atomic mass is 9.98. The van der Waals surface area contributed by atoms with Crippen LogP contribution in [0.3, 0.4) is 0 Å². The van der Waals surface area contributed by atoms with Gasteiger partial charge in [-0.1, -0.05) is 0 Å². The average Bonchev–Trinajstić information content (AvgIpc) is 2.49. The Morgan fingerprint density at radius 2 is 2.21 bits per heavy atom. The highest BCUT2D eigenvalue weighted by molar-refractivity contribution is 5.81. The largest absolute Gasteiger partial charge is 0.459 e. The first-order valence-corrected chi connectivity index (χ1v) is 4.99. The zero-order valence-electron chi connectivity index (χ0n) is 9.09. The lowest BCUT2D eigenvalue weighted by Crippen LogP contribution is -2.53. The number of hydrogen-bond acceptors (Lipinski definition) is 4. The molecule has 0 aromatic rings. The van der Waals surface area contributed by atoms with Gasteiger partial charge >= 0.3 is 5.97 Å². The van der Waals surface area contributed by atoms with E-state index >= 15 is 0 Å². The molecule has 1 aliphatic rings. The molecule has 1 fully saturated rings. The molecule has 0 aliphatic carbocycles. The van der Waals surface area contributed by atoms with Gasteiger partial charge in [-0.3, -0.25) is 5.32 Å². The summed E-state index contributed by atoms with van der Waals surface area (Å²) in [5.74, 6) is -0.343. The molecule has 0 bridgehead atoms. The van der Waals surface area contributed by atoms with E-state index in [9.17, 15) is 9.90 Å². The number of rotatable bonds is 2. The molecule has 4 nitrogen and oxygen atoms in total. The zero-order chi connectivity index (χ0) is 10.8. The topological polar surface area (TPSA) is 58.6 Å². The third-order valence-corrected chi connectivity index (χ3v) is 2.30. The van der Waals surface area contributed by atoms with Crippen molar-refractivity contribution in [2.45, 2.75) is 44.8 Å². The van der Waals surface area contributed by atoms with Gasteiger partial charge in [0.05, 0.1) is 6.61 Å². The van der Waals surface area contributed by atoms with Gasteiger partial charge in [-0.2, -0.15) is 0 Å². The normalized spacial score (nSPS) is 27.7. The Bertz CT molecular complexity index is 214. The summed E-state index contributed by atoms with van der Waals surface area (Å²) in [5.41, 5.74) is -1.35. The van der Waals surface area contributed by atoms with Crippen LogP contribution in [0.1, 0.15) is 33.6 Å². The Hall–Kier alpha value is -0.610. The predicted molar refractivity (Wildman–Crippen MR) is 52.9 cm³/mol. The molecule has 1 aliphatic heterocycles. The minimum Gasteiger partial charge on any atom is -0.459 e. The summed E-state index contributed by atoms with van der Waals surface area (Å²) in [6.07, 6.45) is 1.55. The summed E-state index contributed by atoms with van der Waals surface area (Å²) in [5, 5.41) is 12.2. The summed E-state index contributed by atoms with van der Waals surface area (Å²) in [7, 11) is 0. The Morgan fingerprint density at radius 3 is 2.57 bits per heavy atom. The molecule has 2 N–H and O–H groups in total. The van der Waals surface area contributed by atoms with E-state index in [0.29, 0.717) is 6.42 Å². The fraction of sp³-hybridized carbons (Fsp3) is 0.900. The smallest absolute Gasteiger partial charge is 0.329 e. The Morgan fingerprint density at radius 1 is 1.57 bits per heavy atom. The minimum atomic E-state index is -0.854. The van der Waals surface area contributed by atoms with Crippen LogP contribution in [-0.4, -0.2) is 35.4 Å². The number of aliphatic hydroxyl groups excluding tert-OH is 1. The van der Waals surface area contributed by atoms with Crippen LogP contribution in [0.2, 0.25) is 0 Å². The van der Waals surface area contributed by atoms with Gasteiger partial charge in [0.2, 0.25) is 0 Å². The average molecular weight is 201 g/mol. The van der Waals surface area contributed by atoms with E-state index in [1.54, 1.807) is 0 Å². The van der Waals surface area contributed by atoms with Crippen LogP contribution in [0.4, 0.5) is 0 Å². The van der Waals surface area contributed by atoms with Gasteiger partial charge in [-0.15, -0.1) is 0 Å². The first kappa shape index (κ1) is 11.5.